The average Bonchev–Trinajstić information content (AvgIpc) is 3.18. The fourth-order valence-corrected chi connectivity index (χ4v) is 9.74. The minimum atomic E-state index is -2.44. The monoisotopic (exact) mass is 688 g/mol. The Morgan fingerprint density at radius 1 is 0.840 bits per heavy atom. The smallest absolute Gasteiger partial charge is 0.411 e. The number of fused-ring (bicyclic) bond motifs is 1. The second-order valence-corrected chi connectivity index (χ2v) is 17.3. The van der Waals surface area contributed by atoms with Crippen molar-refractivity contribution in [1.29, 1.82) is 0 Å². The van der Waals surface area contributed by atoms with Gasteiger partial charge in [0.15, 0.2) is 20.5 Å². The van der Waals surface area contributed by atoms with Crippen molar-refractivity contribution in [3.63, 3.8) is 0 Å². The Kier molecular flexibility index (Phi) is 10.9. The van der Waals surface area contributed by atoms with Gasteiger partial charge in [0, 0.05) is 11.6 Å². The number of carbonyl (C=O) groups is 2. The molecular formula is C41H44N2O6Si. The number of aromatic nitrogens is 1. The van der Waals surface area contributed by atoms with Crippen LogP contribution in [0, 0.1) is 0 Å². The lowest BCUT2D eigenvalue weighted by atomic mass is 9.88. The molecule has 9 heteroatoms. The lowest BCUT2D eigenvalue weighted by molar-refractivity contribution is -0.180. The predicted molar refractivity (Wildman–Crippen MR) is 196 cm³/mol. The van der Waals surface area contributed by atoms with Crippen LogP contribution in [0.2, 0.25) is 18.1 Å². The molecule has 5 aromatic rings. The van der Waals surface area contributed by atoms with E-state index in [1.165, 1.54) is 0 Å². The van der Waals surface area contributed by atoms with E-state index in [4.69, 9.17) is 18.6 Å². The number of amides is 1. The molecule has 0 aliphatic carbocycles. The summed E-state index contributed by atoms with van der Waals surface area (Å²) in [5, 5.41) is 0.773. The number of hydrogen-bond acceptors (Lipinski definition) is 7. The molecule has 0 saturated carbocycles. The Morgan fingerprint density at radius 2 is 1.46 bits per heavy atom. The number of esters is 1. The molecule has 1 saturated heterocycles. The molecule has 258 valence electrons. The summed E-state index contributed by atoms with van der Waals surface area (Å²) in [6, 6.07) is 36.9. The van der Waals surface area contributed by atoms with Crippen LogP contribution in [0.3, 0.4) is 0 Å². The summed E-state index contributed by atoms with van der Waals surface area (Å²) in [6.45, 7) is 6.47. The van der Waals surface area contributed by atoms with Crippen molar-refractivity contribution in [2.24, 2.45) is 0 Å². The molecule has 4 atom stereocenters. The van der Waals surface area contributed by atoms with Gasteiger partial charge in [0.25, 0.3) is 0 Å². The molecule has 1 fully saturated rings. The largest absolute Gasteiger partial charge is 0.497 e. The first-order valence-corrected chi connectivity index (χ1v) is 19.8. The van der Waals surface area contributed by atoms with E-state index in [9.17, 15) is 9.59 Å². The highest BCUT2D eigenvalue weighted by atomic mass is 28.4. The second kappa shape index (κ2) is 15.7. The normalized spacial score (nSPS) is 18.4. The number of benzene rings is 4. The summed E-state index contributed by atoms with van der Waals surface area (Å²) >= 11 is 0. The van der Waals surface area contributed by atoms with Gasteiger partial charge >= 0.3 is 12.1 Å². The Morgan fingerprint density at radius 3 is 2.08 bits per heavy atom. The zero-order chi connectivity index (χ0) is 35.1. The predicted octanol–water partition coefficient (Wildman–Crippen LogP) is 9.35. The van der Waals surface area contributed by atoms with Gasteiger partial charge in [-0.25, -0.2) is 9.59 Å². The van der Waals surface area contributed by atoms with Crippen LogP contribution in [0.4, 0.5) is 4.79 Å². The fourth-order valence-electron chi connectivity index (χ4n) is 6.95. The van der Waals surface area contributed by atoms with Crippen LogP contribution >= 0.6 is 0 Å². The molecule has 1 amide bonds. The number of ether oxygens (including phenoxy) is 3. The van der Waals surface area contributed by atoms with Crippen LogP contribution in [-0.2, 0) is 25.3 Å². The molecule has 1 aliphatic heterocycles. The van der Waals surface area contributed by atoms with Gasteiger partial charge in [-0.1, -0.05) is 112 Å². The number of carbonyl (C=O) groups excluding carboxylic acids is 2. The highest BCUT2D eigenvalue weighted by Crippen LogP contribution is 2.48. The van der Waals surface area contributed by atoms with E-state index in [0.717, 1.165) is 51.3 Å². The van der Waals surface area contributed by atoms with Gasteiger partial charge in [-0.2, -0.15) is 0 Å². The summed E-state index contributed by atoms with van der Waals surface area (Å²) in [7, 11) is -0.825. The maximum Gasteiger partial charge on any atom is 0.411 e. The molecule has 8 nitrogen and oxygen atoms in total. The van der Waals surface area contributed by atoms with Crippen molar-refractivity contribution in [3.8, 4) is 5.75 Å². The molecule has 0 spiro atoms. The second-order valence-electron chi connectivity index (χ2n) is 12.6. The fraction of sp³-hybridized carbons (Fsp3) is 0.293. The molecule has 1 aliphatic rings. The molecule has 0 radical (unpaired) electrons. The summed E-state index contributed by atoms with van der Waals surface area (Å²) in [5.41, 5.74) is 3.86. The maximum absolute atomic E-state index is 14.8. The number of pyridine rings is 1. The maximum atomic E-state index is 14.8. The first-order chi connectivity index (χ1) is 24.4. The number of morpholine rings is 1. The van der Waals surface area contributed by atoms with E-state index >= 15 is 0 Å². The van der Waals surface area contributed by atoms with E-state index in [0.29, 0.717) is 5.75 Å². The number of rotatable bonds is 12. The van der Waals surface area contributed by atoms with E-state index in [-0.39, 0.29) is 6.61 Å². The van der Waals surface area contributed by atoms with Gasteiger partial charge in [-0.3, -0.25) is 9.88 Å². The van der Waals surface area contributed by atoms with E-state index in [2.05, 4.69) is 25.8 Å². The zero-order valence-electron chi connectivity index (χ0n) is 29.0. The summed E-state index contributed by atoms with van der Waals surface area (Å²) in [5.74, 6) is 0.0823. The average molecular weight is 689 g/mol. The van der Waals surface area contributed by atoms with E-state index < -0.39 is 44.7 Å². The Hall–Kier alpha value is -4.99. The number of cyclic esters (lactones) is 1. The minimum Gasteiger partial charge on any atom is -0.497 e. The van der Waals surface area contributed by atoms with Gasteiger partial charge in [0.05, 0.1) is 12.6 Å². The molecule has 6 rings (SSSR count). The first-order valence-electron chi connectivity index (χ1n) is 17.3. The lowest BCUT2D eigenvalue weighted by Crippen LogP contribution is -2.58. The summed E-state index contributed by atoms with van der Waals surface area (Å²) in [6.07, 6.45) is -0.598. The van der Waals surface area contributed by atoms with E-state index in [1.807, 2.05) is 115 Å². The topological polar surface area (TPSA) is 87.2 Å². The zero-order valence-corrected chi connectivity index (χ0v) is 30.0. The van der Waals surface area contributed by atoms with Gasteiger partial charge in [0.2, 0.25) is 0 Å². The van der Waals surface area contributed by atoms with Gasteiger partial charge in [0.1, 0.15) is 24.5 Å². The number of hydrogen-bond donors (Lipinski definition) is 0. The van der Waals surface area contributed by atoms with Crippen LogP contribution in [0.25, 0.3) is 10.9 Å². The Labute approximate surface area is 295 Å². The number of methoxy groups -OCH3 is 1. The highest BCUT2D eigenvalue weighted by Gasteiger charge is 2.53. The third-order valence-electron chi connectivity index (χ3n) is 9.94. The summed E-state index contributed by atoms with van der Waals surface area (Å²) in [4.78, 5) is 35.8. The molecule has 50 heavy (non-hydrogen) atoms. The lowest BCUT2D eigenvalue weighted by Gasteiger charge is -2.48. The number of nitrogens with zero attached hydrogens (tertiary/aromatic N) is 2. The molecule has 0 N–H and O–H groups in total. The first kappa shape index (κ1) is 34.9. The van der Waals surface area contributed by atoms with Crippen molar-refractivity contribution < 1.29 is 28.2 Å². The van der Waals surface area contributed by atoms with Gasteiger partial charge in [-0.15, -0.1) is 0 Å². The van der Waals surface area contributed by atoms with Crippen LogP contribution in [0.15, 0.2) is 121 Å². The van der Waals surface area contributed by atoms with Crippen molar-refractivity contribution in [2.45, 2.75) is 69.8 Å². The Balaban J connectivity index is 1.58. The molecular weight excluding hydrogens is 645 g/mol. The van der Waals surface area contributed by atoms with Gasteiger partial charge in [-0.05, 0) is 64.7 Å². The molecule has 1 aromatic heterocycles. The van der Waals surface area contributed by atoms with Crippen molar-refractivity contribution in [2.75, 3.05) is 7.11 Å². The van der Waals surface area contributed by atoms with Gasteiger partial charge < -0.3 is 18.6 Å². The third-order valence-corrected chi connectivity index (χ3v) is 14.6. The third kappa shape index (κ3) is 7.15. The molecule has 0 bridgehead atoms. The van der Waals surface area contributed by atoms with Crippen LogP contribution < -0.4 is 4.74 Å². The standard InChI is InChI=1S/C41H44N2O6Si/c1-5-50(6-2,7-3)49-39(33-25-26-42-35-24-23-32(46-4)27-34(33)35)37-40(44)48-38(31-21-15-10-16-22-31)36(30-19-13-9-14-20-30)43(37)41(45)47-28-29-17-11-8-12-18-29/h8-27,36-39H,5-7,28H2,1-4H3/t36-,37-,38+,39-/m1/s1. The van der Waals surface area contributed by atoms with Crippen molar-refractivity contribution in [1.82, 2.24) is 9.88 Å². The van der Waals surface area contributed by atoms with Crippen LogP contribution in [0.1, 0.15) is 61.3 Å². The molecule has 2 heterocycles. The van der Waals surface area contributed by atoms with Crippen LogP contribution in [-0.4, -0.2) is 43.4 Å². The quantitative estimate of drug-likeness (QED) is 0.0954. The highest BCUT2D eigenvalue weighted by molar-refractivity contribution is 6.73. The molecule has 4 aromatic carbocycles. The van der Waals surface area contributed by atoms with Crippen molar-refractivity contribution in [3.05, 3.63) is 144 Å². The SMILES string of the molecule is CC[Si](CC)(CC)O[C@H](c1ccnc2ccc(OC)cc12)[C@@H]1C(=O)O[C@@H](c2ccccc2)[C@@H](c2ccccc2)N1C(=O)OCc1ccccc1. The van der Waals surface area contributed by atoms with Crippen molar-refractivity contribution >= 4 is 31.3 Å². The van der Waals surface area contributed by atoms with E-state index in [1.54, 1.807) is 18.2 Å². The molecule has 0 unspecified atom stereocenters. The summed E-state index contributed by atoms with van der Waals surface area (Å²) < 4.78 is 25.6. The Bertz CT molecular complexity index is 1880. The minimum absolute atomic E-state index is 0.0356. The van der Waals surface area contributed by atoms with Crippen LogP contribution in [0.5, 0.6) is 5.75 Å².